The molecule has 2 fully saturated rings. The van der Waals surface area contributed by atoms with Crippen LogP contribution < -0.4 is 9.47 Å². The molecular weight excluding hydrogens is 420 g/mol. The fraction of sp³-hybridized carbons (Fsp3) is 0.769. The molecule has 3 rings (SSSR count). The third-order valence-corrected chi connectivity index (χ3v) is 7.45. The van der Waals surface area contributed by atoms with Crippen molar-refractivity contribution in [2.75, 3.05) is 13.2 Å². The second kappa shape index (κ2) is 11.6. The number of hydrogen-bond acceptors (Lipinski definition) is 2. The van der Waals surface area contributed by atoms with Gasteiger partial charge in [0.25, 0.3) is 5.92 Å². The van der Waals surface area contributed by atoms with Crippen LogP contribution in [0.3, 0.4) is 0 Å². The zero-order valence-corrected chi connectivity index (χ0v) is 19.5. The van der Waals surface area contributed by atoms with Gasteiger partial charge in [0.05, 0.1) is 13.2 Å². The van der Waals surface area contributed by atoms with E-state index >= 15 is 0 Å². The SMILES string of the molecule is CCCC1CCC(CCC2CCC(COc3ccc(OCC)c(F)c3F)CC2)C(F)(F)C1. The molecule has 0 aromatic heterocycles. The van der Waals surface area contributed by atoms with Gasteiger partial charge in [-0.25, -0.2) is 8.78 Å². The lowest BCUT2D eigenvalue weighted by atomic mass is 9.73. The highest BCUT2D eigenvalue weighted by atomic mass is 19.3. The number of halogens is 4. The van der Waals surface area contributed by atoms with Crippen LogP contribution in [0.1, 0.15) is 84.5 Å². The van der Waals surface area contributed by atoms with E-state index in [0.29, 0.717) is 25.4 Å². The molecule has 2 aliphatic rings. The first-order valence-electron chi connectivity index (χ1n) is 12.4. The molecule has 2 aliphatic carbocycles. The van der Waals surface area contributed by atoms with Gasteiger partial charge in [-0.1, -0.05) is 32.6 Å². The summed E-state index contributed by atoms with van der Waals surface area (Å²) in [5.41, 5.74) is 0. The summed E-state index contributed by atoms with van der Waals surface area (Å²) in [5, 5.41) is 0. The van der Waals surface area contributed by atoms with E-state index < -0.39 is 23.5 Å². The summed E-state index contributed by atoms with van der Waals surface area (Å²) in [6.45, 7) is 4.38. The van der Waals surface area contributed by atoms with Crippen LogP contribution in [0.4, 0.5) is 17.6 Å². The van der Waals surface area contributed by atoms with E-state index in [2.05, 4.69) is 6.92 Å². The minimum atomic E-state index is -2.51. The molecule has 0 N–H and O–H groups in total. The van der Waals surface area contributed by atoms with E-state index in [1.54, 1.807) is 6.92 Å². The van der Waals surface area contributed by atoms with Crippen molar-refractivity contribution >= 4 is 0 Å². The third-order valence-electron chi connectivity index (χ3n) is 7.45. The molecule has 6 heteroatoms. The highest BCUT2D eigenvalue weighted by Gasteiger charge is 2.44. The summed E-state index contributed by atoms with van der Waals surface area (Å²) in [6.07, 6.45) is 8.91. The van der Waals surface area contributed by atoms with Gasteiger partial charge in [0.2, 0.25) is 11.6 Å². The summed E-state index contributed by atoms with van der Waals surface area (Å²) in [6, 6.07) is 2.80. The number of benzene rings is 1. The standard InChI is InChI=1S/C26H38F4O2/c1-3-5-19-11-13-21(26(29,30)16-19)12-10-18-6-8-20(9-7-18)17-32-23-15-14-22(31-4-2)24(27)25(23)28/h14-15,18-21H,3-13,16-17H2,1-2H3. The molecule has 2 saturated carbocycles. The predicted octanol–water partition coefficient (Wildman–Crippen LogP) is 8.18. The van der Waals surface area contributed by atoms with Crippen LogP contribution >= 0.6 is 0 Å². The maximum atomic E-state index is 14.6. The van der Waals surface area contributed by atoms with Gasteiger partial charge in [-0.05, 0) is 75.3 Å². The van der Waals surface area contributed by atoms with Crippen LogP contribution in [0.15, 0.2) is 12.1 Å². The highest BCUT2D eigenvalue weighted by molar-refractivity contribution is 5.35. The minimum absolute atomic E-state index is 0.0677. The molecule has 1 aromatic rings. The molecular formula is C26H38F4O2. The van der Waals surface area contributed by atoms with E-state index in [1.807, 2.05) is 0 Å². The van der Waals surface area contributed by atoms with Gasteiger partial charge in [0.15, 0.2) is 11.5 Å². The summed E-state index contributed by atoms with van der Waals surface area (Å²) in [4.78, 5) is 0. The average molecular weight is 459 g/mol. The Balaban J connectivity index is 1.39. The molecule has 0 amide bonds. The molecule has 32 heavy (non-hydrogen) atoms. The van der Waals surface area contributed by atoms with Gasteiger partial charge in [-0.3, -0.25) is 0 Å². The van der Waals surface area contributed by atoms with E-state index in [-0.39, 0.29) is 36.4 Å². The Kier molecular flexibility index (Phi) is 9.13. The summed E-state index contributed by atoms with van der Waals surface area (Å²) < 4.78 is 67.9. The number of ether oxygens (including phenoxy) is 2. The maximum Gasteiger partial charge on any atom is 0.251 e. The monoisotopic (exact) mass is 458 g/mol. The zero-order chi connectivity index (χ0) is 23.1. The molecule has 2 nitrogen and oxygen atoms in total. The van der Waals surface area contributed by atoms with Crippen LogP contribution in [0, 0.1) is 35.3 Å². The van der Waals surface area contributed by atoms with E-state index in [0.717, 1.165) is 51.4 Å². The van der Waals surface area contributed by atoms with Crippen molar-refractivity contribution in [2.24, 2.45) is 23.7 Å². The lowest BCUT2D eigenvalue weighted by molar-refractivity contribution is -0.107. The summed E-state index contributed by atoms with van der Waals surface area (Å²) in [5.74, 6) is -4.25. The van der Waals surface area contributed by atoms with E-state index in [9.17, 15) is 17.6 Å². The largest absolute Gasteiger partial charge is 0.491 e. The topological polar surface area (TPSA) is 18.5 Å². The maximum absolute atomic E-state index is 14.6. The molecule has 0 aliphatic heterocycles. The molecule has 0 radical (unpaired) electrons. The zero-order valence-electron chi connectivity index (χ0n) is 19.5. The Hall–Kier alpha value is -1.46. The van der Waals surface area contributed by atoms with Crippen molar-refractivity contribution < 1.29 is 27.0 Å². The van der Waals surface area contributed by atoms with Crippen molar-refractivity contribution in [1.29, 1.82) is 0 Å². The van der Waals surface area contributed by atoms with Crippen molar-refractivity contribution in [1.82, 2.24) is 0 Å². The van der Waals surface area contributed by atoms with Gasteiger partial charge in [0, 0.05) is 12.3 Å². The lowest BCUT2D eigenvalue weighted by Crippen LogP contribution is -2.36. The van der Waals surface area contributed by atoms with Crippen molar-refractivity contribution in [3.63, 3.8) is 0 Å². The Morgan fingerprint density at radius 1 is 0.781 bits per heavy atom. The lowest BCUT2D eigenvalue weighted by Gasteiger charge is -2.37. The van der Waals surface area contributed by atoms with E-state index in [1.165, 1.54) is 12.1 Å². The number of rotatable bonds is 10. The summed E-state index contributed by atoms with van der Waals surface area (Å²) >= 11 is 0. The second-order valence-corrected chi connectivity index (χ2v) is 9.79. The van der Waals surface area contributed by atoms with Gasteiger partial charge in [0.1, 0.15) is 0 Å². The third kappa shape index (κ3) is 6.54. The highest BCUT2D eigenvalue weighted by Crippen LogP contribution is 2.46. The molecule has 0 heterocycles. The van der Waals surface area contributed by atoms with Gasteiger partial charge >= 0.3 is 0 Å². The van der Waals surface area contributed by atoms with Crippen LogP contribution in [0.5, 0.6) is 11.5 Å². The Bertz CT molecular complexity index is 716. The smallest absolute Gasteiger partial charge is 0.251 e. The minimum Gasteiger partial charge on any atom is -0.491 e. The second-order valence-electron chi connectivity index (χ2n) is 9.79. The fourth-order valence-corrected chi connectivity index (χ4v) is 5.54. The van der Waals surface area contributed by atoms with Crippen LogP contribution in [-0.4, -0.2) is 19.1 Å². The first-order chi connectivity index (χ1) is 15.3. The van der Waals surface area contributed by atoms with Crippen molar-refractivity contribution in [3.05, 3.63) is 23.8 Å². The molecule has 182 valence electrons. The Labute approximate surface area is 190 Å². The first-order valence-corrected chi connectivity index (χ1v) is 12.4. The molecule has 1 aromatic carbocycles. The van der Waals surface area contributed by atoms with Crippen LogP contribution in [0.25, 0.3) is 0 Å². The predicted molar refractivity (Wildman–Crippen MR) is 118 cm³/mol. The molecule has 0 saturated heterocycles. The van der Waals surface area contributed by atoms with Crippen LogP contribution in [-0.2, 0) is 0 Å². The molecule has 2 atom stereocenters. The Morgan fingerprint density at radius 3 is 1.97 bits per heavy atom. The normalized spacial score (nSPS) is 27.8. The summed E-state index contributed by atoms with van der Waals surface area (Å²) in [7, 11) is 0. The average Bonchev–Trinajstić information content (AvgIpc) is 2.76. The van der Waals surface area contributed by atoms with Crippen LogP contribution in [0.2, 0.25) is 0 Å². The first kappa shape index (κ1) is 25.2. The van der Waals surface area contributed by atoms with E-state index in [4.69, 9.17) is 9.47 Å². The number of alkyl halides is 2. The molecule has 2 unspecified atom stereocenters. The molecule has 0 spiro atoms. The van der Waals surface area contributed by atoms with Gasteiger partial charge in [-0.2, -0.15) is 8.78 Å². The van der Waals surface area contributed by atoms with Gasteiger partial charge in [-0.15, -0.1) is 0 Å². The quantitative estimate of drug-likeness (QED) is 0.329. The molecule has 0 bridgehead atoms. The van der Waals surface area contributed by atoms with Gasteiger partial charge < -0.3 is 9.47 Å². The fourth-order valence-electron chi connectivity index (χ4n) is 5.54. The Morgan fingerprint density at radius 2 is 1.38 bits per heavy atom. The number of hydrogen-bond donors (Lipinski definition) is 0. The van der Waals surface area contributed by atoms with Crippen molar-refractivity contribution in [2.45, 2.75) is 90.4 Å². The van der Waals surface area contributed by atoms with Crippen molar-refractivity contribution in [3.8, 4) is 11.5 Å².